The molecule has 0 fully saturated rings. The van der Waals surface area contributed by atoms with E-state index in [-0.39, 0.29) is 53.0 Å². The molecule has 0 bridgehead atoms. The highest BCUT2D eigenvalue weighted by atomic mass is 79.9. The normalized spacial score (nSPS) is 11.0. The average Bonchev–Trinajstić information content (AvgIpc) is 0.836. The van der Waals surface area contributed by atoms with Gasteiger partial charge in [-0.3, -0.25) is 18.7 Å². The maximum Gasteiger partial charge on any atom is 0.569 e. The quantitative estimate of drug-likeness (QED) is 0.0224. The third-order valence-corrected chi connectivity index (χ3v) is 16.0. The Morgan fingerprint density at radius 2 is 0.745 bits per heavy atom. The van der Waals surface area contributed by atoms with Crippen LogP contribution >= 0.6 is 35.7 Å². The van der Waals surface area contributed by atoms with E-state index in [1.54, 1.807) is 87.0 Å². The van der Waals surface area contributed by atoms with Crippen LogP contribution in [0.2, 0.25) is 0 Å². The first-order chi connectivity index (χ1) is 43.6. The van der Waals surface area contributed by atoms with E-state index in [2.05, 4.69) is 24.3 Å². The summed E-state index contributed by atoms with van der Waals surface area (Å²) in [4.78, 5) is 24.4. The monoisotopic (exact) mass is 1460 g/mol. The molecular formula is C60H47BBrF10N2O16P2S2. The van der Waals surface area contributed by atoms with Crippen molar-refractivity contribution in [2.75, 3.05) is 42.7 Å². The van der Waals surface area contributed by atoms with Gasteiger partial charge in [0.25, 0.3) is 11.1 Å². The van der Waals surface area contributed by atoms with Crippen LogP contribution in [-0.2, 0) is 20.2 Å². The predicted octanol–water partition coefficient (Wildman–Crippen LogP) is 12.1. The lowest BCUT2D eigenvalue weighted by Crippen LogP contribution is -2.19. The molecule has 10 rings (SSSR count). The molecular weight excluding hydrogens is 1410 g/mol. The van der Waals surface area contributed by atoms with Crippen molar-refractivity contribution in [3.8, 4) is 74.2 Å². The fourth-order valence-electron chi connectivity index (χ4n) is 8.65. The third-order valence-electron chi connectivity index (χ3n) is 13.0. The maximum atomic E-state index is 14.1. The Labute approximate surface area is 542 Å². The smallest absolute Gasteiger partial charge is 0.537 e. The lowest BCUT2D eigenvalue weighted by Gasteiger charge is -2.16. The molecule has 1 N–H and O–H groups in total. The van der Waals surface area contributed by atoms with Crippen molar-refractivity contribution >= 4 is 85.5 Å². The van der Waals surface area contributed by atoms with Crippen LogP contribution in [0.1, 0.15) is 0 Å². The van der Waals surface area contributed by atoms with Crippen LogP contribution in [0, 0.1) is 58.2 Å². The zero-order valence-corrected chi connectivity index (χ0v) is 55.2. The van der Waals surface area contributed by atoms with Gasteiger partial charge in [0.05, 0.1) is 65.1 Å². The minimum Gasteiger partial charge on any atom is -0.537 e. The van der Waals surface area contributed by atoms with Gasteiger partial charge < -0.3 is 46.5 Å². The zero-order chi connectivity index (χ0) is 67.3. The van der Waals surface area contributed by atoms with Crippen LogP contribution in [0.4, 0.5) is 43.9 Å². The number of benzene rings is 8. The molecule has 2 aromatic heterocycles. The number of rotatable bonds is 17. The summed E-state index contributed by atoms with van der Waals surface area (Å²) in [7, 11) is -0.669. The molecule has 0 saturated heterocycles. The fourth-order valence-corrected chi connectivity index (χ4v) is 10.9. The number of fused-ring (bicyclic) bond motifs is 2. The maximum absolute atomic E-state index is 14.1. The van der Waals surface area contributed by atoms with Crippen LogP contribution < -0.4 is 52.6 Å². The molecule has 495 valence electrons. The molecule has 2 unspecified atom stereocenters. The first-order valence-electron chi connectivity index (χ1n) is 25.5. The highest BCUT2D eigenvalue weighted by Crippen LogP contribution is 2.38. The highest BCUT2D eigenvalue weighted by Gasteiger charge is 2.33. The van der Waals surface area contributed by atoms with Gasteiger partial charge in [-0.1, -0.05) is 22.0 Å². The Hall–Kier alpha value is -9.06. The van der Waals surface area contributed by atoms with E-state index in [0.717, 1.165) is 42.0 Å². The number of nitrogens with zero attached hydrogens (tertiary/aromatic N) is 2. The van der Waals surface area contributed by atoms with Crippen LogP contribution in [0.15, 0.2) is 157 Å². The second-order valence-corrected chi connectivity index (χ2v) is 22.4. The fraction of sp³-hybridized carbons (Fsp3) is 0.100. The molecule has 0 aliphatic heterocycles. The number of ether oxygens (including phenoxy) is 6. The molecule has 8 aromatic carbocycles. The van der Waals surface area contributed by atoms with Gasteiger partial charge in [-0.2, -0.15) is 54.2 Å². The van der Waals surface area contributed by atoms with E-state index in [4.69, 9.17) is 38.1 Å². The number of pyridine rings is 2. The molecule has 0 aliphatic rings. The summed E-state index contributed by atoms with van der Waals surface area (Å²) >= 11 is 3.29. The standard InChI is InChI=1S/C30H20F5NO7S.C22H11BrF5NO5S.C8H10BO4.2H3P/c1-40-18-10-17(11-19(14-18)41-2)15-4-7-22(23(13-15)42-3)36-21-8-6-20(12-16(21)5-9-24(36)37)44(38,39)43-30-28(34)26(32)25(31)27(33)29(30)35;1-33-15-9-11(23)3-5-14(15)29-13-6-4-12(8-10(13)2-7-16(29)30)35(31,32)34-22-20(27)18(25)17(24)19(26)21(22)28;1-11-6-3-7(12-2)5-8(4-6)13-9-10;;/h4-14H,1-3H3;2-9H,1H3;3-5,10H,1-2H3;2*1H3. The van der Waals surface area contributed by atoms with E-state index in [1.807, 2.05) is 0 Å². The average molecular weight is 1460 g/mol. The van der Waals surface area contributed by atoms with Gasteiger partial charge in [0.2, 0.25) is 69.7 Å². The largest absolute Gasteiger partial charge is 0.569 e. The van der Waals surface area contributed by atoms with Gasteiger partial charge in [0.1, 0.15) is 50.0 Å². The molecule has 0 aliphatic carbocycles. The van der Waals surface area contributed by atoms with Gasteiger partial charge in [0.15, 0.2) is 0 Å². The SMILES string of the molecule is COc1cc(Br)ccc1-n1c(=O)ccc2cc(S(=O)(=O)Oc3c(F)c(F)c(F)c(F)c3F)ccc21.COc1cc(OC)cc(-c2ccc(-n3c(=O)ccc4cc(S(=O)(=O)Oc5c(F)c(F)c(F)c(F)c5F)ccc43)c(OC)c2)c1.COc1cc(OC)cc(O[B]O)c1.P.P. The van der Waals surface area contributed by atoms with Crippen LogP contribution in [-0.4, -0.2) is 81.3 Å². The Bertz CT molecular complexity index is 4810. The third kappa shape index (κ3) is 15.4. The molecule has 18 nitrogen and oxygen atoms in total. The molecule has 10 aromatic rings. The van der Waals surface area contributed by atoms with E-state index >= 15 is 0 Å². The number of methoxy groups -OCH3 is 6. The molecule has 34 heteroatoms. The van der Waals surface area contributed by atoms with E-state index in [0.29, 0.717) is 57.9 Å². The molecule has 94 heavy (non-hydrogen) atoms. The zero-order valence-electron chi connectivity index (χ0n) is 49.1. The molecule has 0 spiro atoms. The molecule has 0 saturated carbocycles. The van der Waals surface area contributed by atoms with Crippen molar-refractivity contribution in [3.63, 3.8) is 0 Å². The minimum atomic E-state index is -5.11. The van der Waals surface area contributed by atoms with Crippen LogP contribution in [0.3, 0.4) is 0 Å². The van der Waals surface area contributed by atoms with Crippen LogP contribution in [0.25, 0.3) is 44.3 Å². The summed E-state index contributed by atoms with van der Waals surface area (Å²) < 4.78 is 236. The van der Waals surface area contributed by atoms with Gasteiger partial charge in [-0.05, 0) is 102 Å². The molecule has 0 amide bonds. The summed E-state index contributed by atoms with van der Waals surface area (Å²) in [5.41, 5.74) is 1.46. The Morgan fingerprint density at radius 1 is 0.394 bits per heavy atom. The topological polar surface area (TPSA) is 216 Å². The molecule has 1 radical (unpaired) electrons. The lowest BCUT2D eigenvalue weighted by molar-refractivity contribution is 0.346. The number of hydrogen-bond acceptors (Lipinski definition) is 16. The Morgan fingerprint density at radius 3 is 1.12 bits per heavy atom. The first-order valence-corrected chi connectivity index (χ1v) is 29.1. The van der Waals surface area contributed by atoms with E-state index in [9.17, 15) is 70.3 Å². The van der Waals surface area contributed by atoms with Crippen molar-refractivity contribution in [2.24, 2.45) is 0 Å². The lowest BCUT2D eigenvalue weighted by atomic mass is 10.0. The summed E-state index contributed by atoms with van der Waals surface area (Å²) in [6, 6.07) is 31.3. The minimum absolute atomic E-state index is 0. The van der Waals surface area contributed by atoms with Crippen molar-refractivity contribution in [3.05, 3.63) is 217 Å². The van der Waals surface area contributed by atoms with Crippen LogP contribution in [0.5, 0.6) is 51.7 Å². The van der Waals surface area contributed by atoms with Gasteiger partial charge in [0, 0.05) is 51.6 Å². The van der Waals surface area contributed by atoms with Crippen molar-refractivity contribution in [2.45, 2.75) is 9.79 Å². The van der Waals surface area contributed by atoms with E-state index in [1.165, 1.54) is 61.8 Å². The Kier molecular flexibility index (Phi) is 24.2. The number of halogens is 11. The van der Waals surface area contributed by atoms with Gasteiger partial charge >= 0.3 is 27.9 Å². The van der Waals surface area contributed by atoms with E-state index < -0.39 is 111 Å². The number of aromatic nitrogens is 2. The van der Waals surface area contributed by atoms with Gasteiger partial charge in [-0.25, -0.2) is 26.3 Å². The van der Waals surface area contributed by atoms with Crippen molar-refractivity contribution in [1.29, 1.82) is 0 Å². The second kappa shape index (κ2) is 30.8. The predicted molar refractivity (Wildman–Crippen MR) is 337 cm³/mol. The summed E-state index contributed by atoms with van der Waals surface area (Å²) in [6.07, 6.45) is 0. The van der Waals surface area contributed by atoms with Crippen molar-refractivity contribution < 1.29 is 107 Å². The second-order valence-electron chi connectivity index (χ2n) is 18.4. The summed E-state index contributed by atoms with van der Waals surface area (Å²) in [5, 5.41) is 8.74. The first kappa shape index (κ1) is 74.0. The molecule has 2 atom stereocenters. The van der Waals surface area contributed by atoms with Crippen molar-refractivity contribution in [1.82, 2.24) is 9.13 Å². The summed E-state index contributed by atoms with van der Waals surface area (Å²) in [5.74, 6) is -24.8. The highest BCUT2D eigenvalue weighted by molar-refractivity contribution is 9.10. The molecule has 2 heterocycles. The summed E-state index contributed by atoms with van der Waals surface area (Å²) in [6.45, 7) is 0. The number of hydrogen-bond donors (Lipinski definition) is 1. The Balaban J connectivity index is 0.000000250. The van der Waals surface area contributed by atoms with Gasteiger partial charge in [-0.15, -0.1) is 0 Å².